The van der Waals surface area contributed by atoms with Crippen LogP contribution in [0.15, 0.2) is 35.3 Å². The Morgan fingerprint density at radius 1 is 1.15 bits per heavy atom. The number of sulfonamides is 1. The van der Waals surface area contributed by atoms with Gasteiger partial charge in [-0.25, -0.2) is 13.1 Å². The van der Waals surface area contributed by atoms with Crippen LogP contribution in [-0.2, 0) is 19.5 Å². The largest absolute Gasteiger partial charge is 0.379 e. The SMILES string of the molecule is CCCOCCOCCNS(=O)(=O)C1=CCC=CC=C1. The third-order valence-electron chi connectivity index (χ3n) is 2.53. The lowest BCUT2D eigenvalue weighted by atomic mass is 10.4. The molecule has 0 unspecified atom stereocenters. The average Bonchev–Trinajstić information content (AvgIpc) is 2.71. The lowest BCUT2D eigenvalue weighted by Crippen LogP contribution is -2.28. The van der Waals surface area contributed by atoms with Crippen molar-refractivity contribution in [3.63, 3.8) is 0 Å². The smallest absolute Gasteiger partial charge is 0.240 e. The molecule has 0 radical (unpaired) electrons. The molecule has 114 valence electrons. The summed E-state index contributed by atoms with van der Waals surface area (Å²) in [6.07, 6.45) is 10.3. The highest BCUT2D eigenvalue weighted by Crippen LogP contribution is 2.10. The Kier molecular flexibility index (Phi) is 8.45. The maximum Gasteiger partial charge on any atom is 0.240 e. The molecule has 6 heteroatoms. The molecule has 20 heavy (non-hydrogen) atoms. The predicted molar refractivity (Wildman–Crippen MR) is 79.8 cm³/mol. The van der Waals surface area contributed by atoms with E-state index in [9.17, 15) is 8.42 Å². The summed E-state index contributed by atoms with van der Waals surface area (Å²) in [5.41, 5.74) is 0. The molecule has 0 aromatic carbocycles. The third-order valence-corrected chi connectivity index (χ3v) is 4.04. The van der Waals surface area contributed by atoms with Crippen LogP contribution >= 0.6 is 0 Å². The van der Waals surface area contributed by atoms with Crippen molar-refractivity contribution in [2.45, 2.75) is 19.8 Å². The van der Waals surface area contributed by atoms with Gasteiger partial charge >= 0.3 is 0 Å². The Morgan fingerprint density at radius 2 is 1.90 bits per heavy atom. The fraction of sp³-hybridized carbons (Fsp3) is 0.571. The number of hydrogen-bond acceptors (Lipinski definition) is 4. The van der Waals surface area contributed by atoms with Crippen molar-refractivity contribution >= 4 is 10.0 Å². The van der Waals surface area contributed by atoms with Gasteiger partial charge in [0, 0.05) is 13.2 Å². The second-order valence-electron chi connectivity index (χ2n) is 4.25. The molecular weight excluding hydrogens is 278 g/mol. The summed E-state index contributed by atoms with van der Waals surface area (Å²) >= 11 is 0. The van der Waals surface area contributed by atoms with Gasteiger partial charge < -0.3 is 9.47 Å². The van der Waals surface area contributed by atoms with E-state index >= 15 is 0 Å². The van der Waals surface area contributed by atoms with Crippen LogP contribution < -0.4 is 4.72 Å². The number of allylic oxidation sites excluding steroid dienone is 5. The minimum atomic E-state index is -3.43. The van der Waals surface area contributed by atoms with Crippen LogP contribution in [0.1, 0.15) is 19.8 Å². The van der Waals surface area contributed by atoms with E-state index in [1.165, 1.54) is 0 Å². The zero-order chi connectivity index (χ0) is 14.7. The first kappa shape index (κ1) is 17.1. The van der Waals surface area contributed by atoms with Crippen molar-refractivity contribution in [2.24, 2.45) is 0 Å². The van der Waals surface area contributed by atoms with E-state index in [0.717, 1.165) is 13.0 Å². The number of nitrogens with one attached hydrogen (secondary N) is 1. The molecule has 0 amide bonds. The summed E-state index contributed by atoms with van der Waals surface area (Å²) in [4.78, 5) is 0.300. The van der Waals surface area contributed by atoms with Gasteiger partial charge in [0.15, 0.2) is 0 Å². The van der Waals surface area contributed by atoms with E-state index in [0.29, 0.717) is 31.1 Å². The van der Waals surface area contributed by atoms with E-state index in [-0.39, 0.29) is 6.54 Å². The van der Waals surface area contributed by atoms with Crippen LogP contribution in [0, 0.1) is 0 Å². The molecule has 0 saturated heterocycles. The maximum absolute atomic E-state index is 12.0. The van der Waals surface area contributed by atoms with Gasteiger partial charge in [0.1, 0.15) is 0 Å². The Balaban J connectivity index is 2.19. The van der Waals surface area contributed by atoms with Crippen molar-refractivity contribution in [3.05, 3.63) is 35.3 Å². The summed E-state index contributed by atoms with van der Waals surface area (Å²) in [6.45, 7) is 4.39. The molecule has 0 aliphatic heterocycles. The Bertz CT molecular complexity index is 452. The van der Waals surface area contributed by atoms with Gasteiger partial charge in [0.2, 0.25) is 10.0 Å². The maximum atomic E-state index is 12.0. The Morgan fingerprint density at radius 3 is 2.65 bits per heavy atom. The predicted octanol–water partition coefficient (Wildman–Crippen LogP) is 1.75. The number of rotatable bonds is 10. The minimum Gasteiger partial charge on any atom is -0.379 e. The molecule has 0 aromatic rings. The zero-order valence-corrected chi connectivity index (χ0v) is 12.7. The van der Waals surface area contributed by atoms with Crippen molar-refractivity contribution in [1.29, 1.82) is 0 Å². The zero-order valence-electron chi connectivity index (χ0n) is 11.9. The molecule has 1 aliphatic carbocycles. The topological polar surface area (TPSA) is 64.6 Å². The Hall–Kier alpha value is -0.950. The molecule has 0 heterocycles. The third kappa shape index (κ3) is 7.00. The fourth-order valence-electron chi connectivity index (χ4n) is 1.56. The minimum absolute atomic E-state index is 0.259. The van der Waals surface area contributed by atoms with Gasteiger partial charge in [-0.1, -0.05) is 31.2 Å². The van der Waals surface area contributed by atoms with E-state index < -0.39 is 10.0 Å². The van der Waals surface area contributed by atoms with Gasteiger partial charge in [0.05, 0.1) is 24.7 Å². The van der Waals surface area contributed by atoms with Gasteiger partial charge in [-0.2, -0.15) is 0 Å². The standard InChI is InChI=1S/C14H23NO4S/c1-2-10-18-12-13-19-11-9-15-20(16,17)14-7-5-3-4-6-8-14/h3-5,7-8,15H,2,6,9-13H2,1H3. The molecular formula is C14H23NO4S. The molecule has 1 N–H and O–H groups in total. The summed E-state index contributed by atoms with van der Waals surface area (Å²) < 4.78 is 37.0. The monoisotopic (exact) mass is 301 g/mol. The van der Waals surface area contributed by atoms with E-state index in [1.807, 2.05) is 19.1 Å². The highest BCUT2D eigenvalue weighted by Gasteiger charge is 2.14. The van der Waals surface area contributed by atoms with Crippen molar-refractivity contribution in [1.82, 2.24) is 4.72 Å². The molecule has 1 aliphatic rings. The average molecular weight is 301 g/mol. The van der Waals surface area contributed by atoms with Crippen molar-refractivity contribution in [2.75, 3.05) is 33.0 Å². The van der Waals surface area contributed by atoms with E-state index in [1.54, 1.807) is 18.2 Å². The van der Waals surface area contributed by atoms with Gasteiger partial charge in [0.25, 0.3) is 0 Å². The number of hydrogen-bond donors (Lipinski definition) is 1. The normalized spacial score (nSPS) is 15.2. The summed E-state index contributed by atoms with van der Waals surface area (Å²) in [5, 5.41) is 0. The molecule has 0 saturated carbocycles. The highest BCUT2D eigenvalue weighted by atomic mass is 32.2. The van der Waals surface area contributed by atoms with Crippen LogP contribution in [0.2, 0.25) is 0 Å². The second-order valence-corrected chi connectivity index (χ2v) is 6.02. The summed E-state index contributed by atoms with van der Waals surface area (Å²) in [7, 11) is -3.43. The molecule has 1 rings (SSSR count). The van der Waals surface area contributed by atoms with Crippen LogP contribution in [0.3, 0.4) is 0 Å². The van der Waals surface area contributed by atoms with Gasteiger partial charge in [-0.15, -0.1) is 0 Å². The van der Waals surface area contributed by atoms with Crippen LogP contribution in [0.5, 0.6) is 0 Å². The highest BCUT2D eigenvalue weighted by molar-refractivity contribution is 7.93. The molecule has 5 nitrogen and oxygen atoms in total. The van der Waals surface area contributed by atoms with E-state index in [4.69, 9.17) is 9.47 Å². The van der Waals surface area contributed by atoms with Crippen molar-refractivity contribution in [3.8, 4) is 0 Å². The molecule has 0 fully saturated rings. The molecule has 0 bridgehead atoms. The first-order valence-corrected chi connectivity index (χ1v) is 8.33. The second kappa shape index (κ2) is 9.88. The molecule has 0 aromatic heterocycles. The van der Waals surface area contributed by atoms with Crippen LogP contribution in [0.4, 0.5) is 0 Å². The van der Waals surface area contributed by atoms with Gasteiger partial charge in [-0.05, 0) is 18.9 Å². The summed E-state index contributed by atoms with van der Waals surface area (Å²) in [6, 6.07) is 0. The Labute approximate surface area is 121 Å². The van der Waals surface area contributed by atoms with E-state index in [2.05, 4.69) is 4.72 Å². The van der Waals surface area contributed by atoms with Crippen LogP contribution in [0.25, 0.3) is 0 Å². The lowest BCUT2D eigenvalue weighted by Gasteiger charge is -2.08. The quantitative estimate of drug-likeness (QED) is 0.624. The first-order chi connectivity index (χ1) is 9.67. The van der Waals surface area contributed by atoms with Crippen molar-refractivity contribution < 1.29 is 17.9 Å². The fourth-order valence-corrected chi connectivity index (χ4v) is 2.65. The molecule has 0 atom stereocenters. The van der Waals surface area contributed by atoms with Gasteiger partial charge in [-0.3, -0.25) is 0 Å². The first-order valence-electron chi connectivity index (χ1n) is 6.85. The lowest BCUT2D eigenvalue weighted by molar-refractivity contribution is 0.0502. The van der Waals surface area contributed by atoms with Crippen LogP contribution in [-0.4, -0.2) is 41.4 Å². The molecule has 0 spiro atoms. The summed E-state index contributed by atoms with van der Waals surface area (Å²) in [5.74, 6) is 0. The number of ether oxygens (including phenoxy) is 2.